The molecular weight excluding hydrogens is 490 g/mol. The summed E-state index contributed by atoms with van der Waals surface area (Å²) in [4.78, 5) is 13.6. The Morgan fingerprint density at radius 2 is 0.925 bits per heavy atom. The molecule has 3 heteroatoms. The molecule has 0 aliphatic rings. The molecule has 1 N–H and O–H groups in total. The van der Waals surface area contributed by atoms with E-state index in [1.807, 2.05) is 12.1 Å². The number of carbonyl (C=O) groups is 1. The first-order valence-corrected chi connectivity index (χ1v) is 13.8. The number of hydrogen-bond donors (Lipinski definition) is 1. The molecule has 0 amide bonds. The van der Waals surface area contributed by atoms with E-state index in [1.54, 1.807) is 12.1 Å². The quantitative estimate of drug-likeness (QED) is 0.227. The highest BCUT2D eigenvalue weighted by Gasteiger charge is 2.15. The minimum absolute atomic E-state index is 0.288. The van der Waals surface area contributed by atoms with E-state index in [4.69, 9.17) is 0 Å². The summed E-state index contributed by atoms with van der Waals surface area (Å²) in [5, 5.41) is 14.2. The molecule has 0 fully saturated rings. The van der Waals surface area contributed by atoms with Gasteiger partial charge in [0.2, 0.25) is 0 Å². The maximum Gasteiger partial charge on any atom is 0.335 e. The van der Waals surface area contributed by atoms with Gasteiger partial charge in [-0.2, -0.15) is 0 Å². The molecule has 6 aromatic rings. The Morgan fingerprint density at radius 3 is 1.38 bits per heavy atom. The van der Waals surface area contributed by atoms with Crippen molar-refractivity contribution in [3.8, 4) is 11.1 Å². The summed E-state index contributed by atoms with van der Waals surface area (Å²) in [7, 11) is 0. The van der Waals surface area contributed by atoms with Crippen LogP contribution in [0.5, 0.6) is 0 Å². The normalized spacial score (nSPS) is 11.2. The van der Waals surface area contributed by atoms with Crippen molar-refractivity contribution in [2.24, 2.45) is 0 Å². The molecule has 3 nitrogen and oxygen atoms in total. The summed E-state index contributed by atoms with van der Waals surface area (Å²) in [5.41, 5.74) is 8.24. The van der Waals surface area contributed by atoms with Crippen LogP contribution in [0.15, 0.2) is 121 Å². The van der Waals surface area contributed by atoms with Crippen LogP contribution in [-0.2, 0) is 12.8 Å². The predicted molar refractivity (Wildman–Crippen MR) is 167 cm³/mol. The summed E-state index contributed by atoms with van der Waals surface area (Å²) in [6, 6.07) is 42.2. The standard InChI is InChI=1S/C37H31NO2/c1-3-25-5-7-32-23-35(19-15-30(32)21-25)38(36-20-16-31-22-26(4-2)6-8-33(31)24-36)34-17-13-28(14-18-34)27-9-11-29(12-10-27)37(39)40/h5-24H,3-4H2,1-2H3,(H,39,40). The lowest BCUT2D eigenvalue weighted by Crippen LogP contribution is -2.10. The first-order valence-electron chi connectivity index (χ1n) is 13.8. The zero-order valence-corrected chi connectivity index (χ0v) is 22.8. The van der Waals surface area contributed by atoms with Crippen LogP contribution in [0, 0.1) is 0 Å². The lowest BCUT2D eigenvalue weighted by molar-refractivity contribution is 0.0697. The van der Waals surface area contributed by atoms with E-state index in [1.165, 1.54) is 32.7 Å². The summed E-state index contributed by atoms with van der Waals surface area (Å²) in [6.45, 7) is 4.37. The van der Waals surface area contributed by atoms with Crippen LogP contribution in [0.25, 0.3) is 32.7 Å². The summed E-state index contributed by atoms with van der Waals surface area (Å²) >= 11 is 0. The Labute approximate surface area is 235 Å². The number of aromatic carboxylic acids is 1. The Hall–Kier alpha value is -4.89. The fourth-order valence-corrected chi connectivity index (χ4v) is 5.34. The van der Waals surface area contributed by atoms with Gasteiger partial charge in [0.1, 0.15) is 0 Å². The molecule has 40 heavy (non-hydrogen) atoms. The summed E-state index contributed by atoms with van der Waals surface area (Å²) in [5.74, 6) is -0.917. The number of benzene rings is 6. The number of hydrogen-bond acceptors (Lipinski definition) is 2. The second-order valence-electron chi connectivity index (χ2n) is 10.2. The van der Waals surface area contributed by atoms with Crippen LogP contribution in [-0.4, -0.2) is 11.1 Å². The van der Waals surface area contributed by atoms with Crippen LogP contribution in [0.4, 0.5) is 17.1 Å². The molecule has 0 saturated carbocycles. The van der Waals surface area contributed by atoms with Crippen LogP contribution >= 0.6 is 0 Å². The molecule has 0 saturated heterocycles. The molecule has 0 aliphatic heterocycles. The number of carboxylic acid groups (broad SMARTS) is 1. The fraction of sp³-hybridized carbons (Fsp3) is 0.108. The third kappa shape index (κ3) is 4.94. The Kier molecular flexibility index (Phi) is 6.79. The SMILES string of the molecule is CCc1ccc2cc(N(c3ccc(-c4ccc(C(=O)O)cc4)cc3)c3ccc4cc(CC)ccc4c3)ccc2c1. The summed E-state index contributed by atoms with van der Waals surface area (Å²) < 4.78 is 0. The fourth-order valence-electron chi connectivity index (χ4n) is 5.34. The van der Waals surface area contributed by atoms with Gasteiger partial charge in [0.05, 0.1) is 5.56 Å². The maximum absolute atomic E-state index is 11.3. The zero-order chi connectivity index (χ0) is 27.6. The molecular formula is C37H31NO2. The third-order valence-electron chi connectivity index (χ3n) is 7.70. The highest BCUT2D eigenvalue weighted by Crippen LogP contribution is 2.38. The molecule has 0 aliphatic carbocycles. The second-order valence-corrected chi connectivity index (χ2v) is 10.2. The van der Waals surface area contributed by atoms with Crippen molar-refractivity contribution >= 4 is 44.6 Å². The number of nitrogens with zero attached hydrogens (tertiary/aromatic N) is 1. The lowest BCUT2D eigenvalue weighted by Gasteiger charge is -2.26. The van der Waals surface area contributed by atoms with Crippen molar-refractivity contribution < 1.29 is 9.90 Å². The molecule has 0 aromatic heterocycles. The van der Waals surface area contributed by atoms with Crippen LogP contribution < -0.4 is 4.90 Å². The first-order chi connectivity index (χ1) is 19.5. The second kappa shape index (κ2) is 10.7. The molecule has 0 unspecified atom stereocenters. The minimum Gasteiger partial charge on any atom is -0.478 e. The van der Waals surface area contributed by atoms with Crippen molar-refractivity contribution in [2.75, 3.05) is 4.90 Å². The molecule has 6 aromatic carbocycles. The van der Waals surface area contributed by atoms with Gasteiger partial charge in [0, 0.05) is 17.1 Å². The Bertz CT molecular complexity index is 1750. The molecule has 0 bridgehead atoms. The van der Waals surface area contributed by atoms with E-state index in [0.29, 0.717) is 0 Å². The van der Waals surface area contributed by atoms with Gasteiger partial charge in [-0.15, -0.1) is 0 Å². The van der Waals surface area contributed by atoms with Gasteiger partial charge in [-0.05, 0) is 105 Å². The van der Waals surface area contributed by atoms with E-state index in [0.717, 1.165) is 41.0 Å². The number of fused-ring (bicyclic) bond motifs is 2. The van der Waals surface area contributed by atoms with E-state index in [2.05, 4.69) is 116 Å². The van der Waals surface area contributed by atoms with Gasteiger partial charge in [0.25, 0.3) is 0 Å². The highest BCUT2D eigenvalue weighted by atomic mass is 16.4. The van der Waals surface area contributed by atoms with Crippen molar-refractivity contribution in [3.05, 3.63) is 138 Å². The van der Waals surface area contributed by atoms with Crippen LogP contribution in [0.3, 0.4) is 0 Å². The molecule has 0 atom stereocenters. The highest BCUT2D eigenvalue weighted by molar-refractivity contribution is 5.93. The molecule has 0 spiro atoms. The number of rotatable bonds is 7. The van der Waals surface area contributed by atoms with Gasteiger partial charge < -0.3 is 10.0 Å². The van der Waals surface area contributed by atoms with Crippen LogP contribution in [0.2, 0.25) is 0 Å². The molecule has 6 rings (SSSR count). The van der Waals surface area contributed by atoms with Gasteiger partial charge in [0.15, 0.2) is 0 Å². The predicted octanol–water partition coefficient (Wildman–Crippen LogP) is 9.95. The zero-order valence-electron chi connectivity index (χ0n) is 22.8. The molecule has 0 radical (unpaired) electrons. The molecule has 196 valence electrons. The van der Waals surface area contributed by atoms with Crippen molar-refractivity contribution in [2.45, 2.75) is 26.7 Å². The number of carboxylic acids is 1. The first kappa shape index (κ1) is 25.4. The lowest BCUT2D eigenvalue weighted by atomic mass is 10.0. The van der Waals surface area contributed by atoms with Gasteiger partial charge >= 0.3 is 5.97 Å². The third-order valence-corrected chi connectivity index (χ3v) is 7.70. The van der Waals surface area contributed by atoms with Crippen molar-refractivity contribution in [3.63, 3.8) is 0 Å². The number of aryl methyl sites for hydroxylation is 2. The summed E-state index contributed by atoms with van der Waals surface area (Å²) in [6.07, 6.45) is 2.04. The van der Waals surface area contributed by atoms with Gasteiger partial charge in [-0.1, -0.05) is 86.6 Å². The largest absolute Gasteiger partial charge is 0.478 e. The smallest absolute Gasteiger partial charge is 0.335 e. The van der Waals surface area contributed by atoms with Crippen molar-refractivity contribution in [1.29, 1.82) is 0 Å². The maximum atomic E-state index is 11.3. The molecule has 0 heterocycles. The van der Waals surface area contributed by atoms with E-state index < -0.39 is 5.97 Å². The average molecular weight is 522 g/mol. The van der Waals surface area contributed by atoms with Gasteiger partial charge in [-0.3, -0.25) is 0 Å². The Morgan fingerprint density at radius 1 is 0.525 bits per heavy atom. The topological polar surface area (TPSA) is 40.5 Å². The van der Waals surface area contributed by atoms with Crippen LogP contribution in [0.1, 0.15) is 35.3 Å². The number of anilines is 3. The average Bonchev–Trinajstić information content (AvgIpc) is 3.01. The van der Waals surface area contributed by atoms with E-state index >= 15 is 0 Å². The monoisotopic (exact) mass is 521 g/mol. The van der Waals surface area contributed by atoms with E-state index in [9.17, 15) is 9.90 Å². The van der Waals surface area contributed by atoms with E-state index in [-0.39, 0.29) is 5.56 Å². The Balaban J connectivity index is 1.44. The van der Waals surface area contributed by atoms with Gasteiger partial charge in [-0.25, -0.2) is 4.79 Å². The van der Waals surface area contributed by atoms with Crippen molar-refractivity contribution in [1.82, 2.24) is 0 Å². The minimum atomic E-state index is -0.917.